The van der Waals surface area contributed by atoms with E-state index in [0.717, 1.165) is 17.3 Å². The van der Waals surface area contributed by atoms with Crippen LogP contribution >= 0.6 is 11.6 Å². The lowest BCUT2D eigenvalue weighted by atomic mass is 10.0. The molecule has 1 aromatic rings. The standard InChI is InChI=1S/C15H16ClN/c1-4-17-12(3)14(16)10-11(2)15(17)13-8-6-5-7-9-13/h5-10H,3-4H2,1-2H3. The fraction of sp³-hybridized carbons (Fsp3) is 0.200. The lowest BCUT2D eigenvalue weighted by molar-refractivity contribution is 0.524. The van der Waals surface area contributed by atoms with Crippen LogP contribution in [0.1, 0.15) is 19.4 Å². The van der Waals surface area contributed by atoms with E-state index in [2.05, 4.69) is 37.5 Å². The number of nitrogens with zero attached hydrogens (tertiary/aromatic N) is 1. The Morgan fingerprint density at radius 3 is 2.47 bits per heavy atom. The number of rotatable bonds is 2. The predicted octanol–water partition coefficient (Wildman–Crippen LogP) is 4.39. The van der Waals surface area contributed by atoms with Crippen molar-refractivity contribution in [2.45, 2.75) is 13.8 Å². The molecule has 0 atom stereocenters. The second kappa shape index (κ2) is 4.80. The molecule has 17 heavy (non-hydrogen) atoms. The fourth-order valence-corrected chi connectivity index (χ4v) is 2.41. The van der Waals surface area contributed by atoms with Gasteiger partial charge in [-0.05, 0) is 31.1 Å². The predicted molar refractivity (Wildman–Crippen MR) is 74.5 cm³/mol. The Bertz CT molecular complexity index is 497. The average Bonchev–Trinajstić information content (AvgIpc) is 2.34. The Morgan fingerprint density at radius 1 is 1.24 bits per heavy atom. The third-order valence-corrected chi connectivity index (χ3v) is 3.28. The third kappa shape index (κ3) is 2.16. The zero-order valence-corrected chi connectivity index (χ0v) is 11.0. The van der Waals surface area contributed by atoms with Gasteiger partial charge in [0.15, 0.2) is 0 Å². The van der Waals surface area contributed by atoms with Crippen LogP contribution in [0.4, 0.5) is 0 Å². The maximum absolute atomic E-state index is 6.17. The van der Waals surface area contributed by atoms with E-state index in [1.807, 2.05) is 24.3 Å². The smallest absolute Gasteiger partial charge is 0.0640 e. The van der Waals surface area contributed by atoms with Crippen LogP contribution in [-0.2, 0) is 0 Å². The van der Waals surface area contributed by atoms with Gasteiger partial charge in [-0.1, -0.05) is 48.5 Å². The molecule has 0 N–H and O–H groups in total. The topological polar surface area (TPSA) is 3.24 Å². The van der Waals surface area contributed by atoms with Gasteiger partial charge in [0.1, 0.15) is 0 Å². The van der Waals surface area contributed by atoms with Gasteiger partial charge in [-0.2, -0.15) is 0 Å². The van der Waals surface area contributed by atoms with E-state index in [9.17, 15) is 0 Å². The number of hydrogen-bond acceptors (Lipinski definition) is 1. The van der Waals surface area contributed by atoms with E-state index >= 15 is 0 Å². The molecule has 1 heterocycles. The van der Waals surface area contributed by atoms with E-state index < -0.39 is 0 Å². The molecule has 1 aliphatic rings. The summed E-state index contributed by atoms with van der Waals surface area (Å²) in [6.45, 7) is 9.11. The van der Waals surface area contributed by atoms with Gasteiger partial charge < -0.3 is 4.90 Å². The van der Waals surface area contributed by atoms with Crippen molar-refractivity contribution in [2.75, 3.05) is 6.54 Å². The molecule has 88 valence electrons. The first-order valence-corrected chi connectivity index (χ1v) is 6.13. The van der Waals surface area contributed by atoms with Crippen molar-refractivity contribution in [1.82, 2.24) is 4.90 Å². The van der Waals surface area contributed by atoms with E-state index in [1.165, 1.54) is 16.8 Å². The van der Waals surface area contributed by atoms with Gasteiger partial charge in [0, 0.05) is 6.54 Å². The normalized spacial score (nSPS) is 16.3. The molecule has 0 spiro atoms. The molecule has 0 fully saturated rings. The summed E-state index contributed by atoms with van der Waals surface area (Å²) < 4.78 is 0. The maximum atomic E-state index is 6.17. The van der Waals surface area contributed by atoms with Crippen LogP contribution in [0.5, 0.6) is 0 Å². The summed E-state index contributed by atoms with van der Waals surface area (Å²) in [5.41, 5.74) is 4.45. The molecule has 1 aliphatic heterocycles. The molecular formula is C15H16ClN. The Hall–Kier alpha value is -1.47. The SMILES string of the molecule is C=C1C(Cl)=CC(C)=C(c2ccccc2)N1CC. The zero-order valence-electron chi connectivity index (χ0n) is 10.2. The van der Waals surface area contributed by atoms with E-state index in [4.69, 9.17) is 11.6 Å². The molecule has 0 radical (unpaired) electrons. The van der Waals surface area contributed by atoms with Crippen molar-refractivity contribution in [2.24, 2.45) is 0 Å². The van der Waals surface area contributed by atoms with E-state index in [1.54, 1.807) is 0 Å². The highest BCUT2D eigenvalue weighted by Crippen LogP contribution is 2.35. The van der Waals surface area contributed by atoms with Crippen molar-refractivity contribution >= 4 is 17.3 Å². The van der Waals surface area contributed by atoms with Gasteiger partial charge in [0.25, 0.3) is 0 Å². The van der Waals surface area contributed by atoms with Gasteiger partial charge in [-0.3, -0.25) is 0 Å². The van der Waals surface area contributed by atoms with Gasteiger partial charge in [0.2, 0.25) is 0 Å². The summed E-state index contributed by atoms with van der Waals surface area (Å²) in [5, 5.41) is 0.726. The van der Waals surface area contributed by atoms with Crippen LogP contribution in [0.15, 0.2) is 59.3 Å². The van der Waals surface area contributed by atoms with Crippen molar-refractivity contribution in [3.63, 3.8) is 0 Å². The summed E-state index contributed by atoms with van der Waals surface area (Å²) in [6, 6.07) is 10.3. The van der Waals surface area contributed by atoms with Crippen LogP contribution in [0.25, 0.3) is 5.70 Å². The van der Waals surface area contributed by atoms with Crippen LogP contribution < -0.4 is 0 Å². The van der Waals surface area contributed by atoms with Crippen molar-refractivity contribution in [3.8, 4) is 0 Å². The summed E-state index contributed by atoms with van der Waals surface area (Å²) >= 11 is 6.17. The Morgan fingerprint density at radius 2 is 1.88 bits per heavy atom. The number of benzene rings is 1. The van der Waals surface area contributed by atoms with Crippen LogP contribution in [0.3, 0.4) is 0 Å². The first-order valence-electron chi connectivity index (χ1n) is 5.75. The minimum absolute atomic E-state index is 0.726. The molecule has 0 saturated carbocycles. The highest BCUT2D eigenvalue weighted by Gasteiger charge is 2.21. The molecule has 1 nitrogen and oxygen atoms in total. The summed E-state index contributed by atoms with van der Waals surface area (Å²) in [5.74, 6) is 0. The first kappa shape index (κ1) is 12.0. The minimum atomic E-state index is 0.726. The Kier molecular flexibility index (Phi) is 3.39. The van der Waals surface area contributed by atoms with Crippen LogP contribution in [0, 0.1) is 0 Å². The van der Waals surface area contributed by atoms with E-state index in [0.29, 0.717) is 0 Å². The molecule has 0 aromatic heterocycles. The molecular weight excluding hydrogens is 230 g/mol. The lowest BCUT2D eigenvalue weighted by Crippen LogP contribution is -2.24. The average molecular weight is 246 g/mol. The van der Waals surface area contributed by atoms with Gasteiger partial charge in [-0.25, -0.2) is 0 Å². The molecule has 0 saturated heterocycles. The fourth-order valence-electron chi connectivity index (χ4n) is 2.15. The number of allylic oxidation sites excluding steroid dienone is 3. The highest BCUT2D eigenvalue weighted by atomic mass is 35.5. The Labute approximate surface area is 108 Å². The number of hydrogen-bond donors (Lipinski definition) is 0. The summed E-state index contributed by atoms with van der Waals surface area (Å²) in [6.07, 6.45) is 1.98. The molecule has 2 rings (SSSR count). The minimum Gasteiger partial charge on any atom is -0.340 e. The molecule has 0 aliphatic carbocycles. The molecule has 2 heteroatoms. The van der Waals surface area contributed by atoms with Crippen LogP contribution in [0.2, 0.25) is 0 Å². The van der Waals surface area contributed by atoms with E-state index in [-0.39, 0.29) is 0 Å². The van der Waals surface area contributed by atoms with Crippen molar-refractivity contribution in [1.29, 1.82) is 0 Å². The number of likely N-dealkylation sites (N-methyl/N-ethyl adjacent to an activating group) is 1. The van der Waals surface area contributed by atoms with Gasteiger partial charge in [-0.15, -0.1) is 0 Å². The second-order valence-electron chi connectivity index (χ2n) is 4.08. The first-order chi connectivity index (χ1) is 8.15. The van der Waals surface area contributed by atoms with Crippen LogP contribution in [-0.4, -0.2) is 11.4 Å². The Balaban J connectivity index is 2.56. The maximum Gasteiger partial charge on any atom is 0.0640 e. The molecule has 0 amide bonds. The third-order valence-electron chi connectivity index (χ3n) is 2.95. The molecule has 1 aromatic carbocycles. The molecule has 0 bridgehead atoms. The zero-order chi connectivity index (χ0) is 12.4. The monoisotopic (exact) mass is 245 g/mol. The second-order valence-corrected chi connectivity index (χ2v) is 4.49. The summed E-state index contributed by atoms with van der Waals surface area (Å²) in [7, 11) is 0. The summed E-state index contributed by atoms with van der Waals surface area (Å²) in [4.78, 5) is 2.16. The highest BCUT2D eigenvalue weighted by molar-refractivity contribution is 6.32. The van der Waals surface area contributed by atoms with Crippen molar-refractivity contribution < 1.29 is 0 Å². The number of halogens is 1. The van der Waals surface area contributed by atoms with Gasteiger partial charge in [0.05, 0.1) is 16.4 Å². The van der Waals surface area contributed by atoms with Gasteiger partial charge >= 0.3 is 0 Å². The quantitative estimate of drug-likeness (QED) is 0.747. The largest absolute Gasteiger partial charge is 0.340 e. The lowest BCUT2D eigenvalue weighted by Gasteiger charge is -2.32. The van der Waals surface area contributed by atoms with Crippen molar-refractivity contribution in [3.05, 3.63) is 64.9 Å². The molecule has 0 unspecified atom stereocenters.